The molecule has 0 atom stereocenters. The molecule has 0 fully saturated rings. The van der Waals surface area contributed by atoms with Crippen LogP contribution in [-0.2, 0) is 0 Å². The van der Waals surface area contributed by atoms with Crippen LogP contribution in [0.3, 0.4) is 0 Å². The van der Waals surface area contributed by atoms with Crippen LogP contribution >= 0.6 is 0 Å². The number of nitriles is 1. The van der Waals surface area contributed by atoms with Gasteiger partial charge < -0.3 is 9.52 Å². The predicted molar refractivity (Wildman–Crippen MR) is 34.9 cm³/mol. The van der Waals surface area contributed by atoms with Gasteiger partial charge in [0, 0.05) is 0 Å². The van der Waals surface area contributed by atoms with Gasteiger partial charge in [-0.1, -0.05) is 0 Å². The number of allylic oxidation sites excluding steroid dienone is 1. The summed E-state index contributed by atoms with van der Waals surface area (Å²) >= 11 is 0. The SMILES string of the molecule is N#CC(=CO)c1ccco1. The third kappa shape index (κ3) is 1.00. The van der Waals surface area contributed by atoms with Crippen molar-refractivity contribution in [2.75, 3.05) is 0 Å². The molecule has 0 aliphatic heterocycles. The summed E-state index contributed by atoms with van der Waals surface area (Å²) in [7, 11) is 0. The molecule has 0 radical (unpaired) electrons. The van der Waals surface area contributed by atoms with E-state index in [0.717, 1.165) is 6.26 Å². The quantitative estimate of drug-likeness (QED) is 0.471. The number of aliphatic hydroxyl groups excluding tert-OH is 1. The largest absolute Gasteiger partial charge is 0.514 e. The average molecular weight is 135 g/mol. The Morgan fingerprint density at radius 2 is 2.60 bits per heavy atom. The number of hydrogen-bond donors (Lipinski definition) is 1. The fourth-order valence-corrected chi connectivity index (χ4v) is 0.579. The minimum absolute atomic E-state index is 0.130. The number of hydrogen-bond acceptors (Lipinski definition) is 3. The highest BCUT2D eigenvalue weighted by molar-refractivity contribution is 5.72. The molecule has 0 amide bonds. The molecule has 0 aliphatic carbocycles. The van der Waals surface area contributed by atoms with E-state index in [2.05, 4.69) is 0 Å². The summed E-state index contributed by atoms with van der Waals surface area (Å²) in [5.41, 5.74) is 0.130. The van der Waals surface area contributed by atoms with Crippen LogP contribution in [-0.4, -0.2) is 5.11 Å². The Morgan fingerprint density at radius 1 is 1.80 bits per heavy atom. The number of rotatable bonds is 1. The van der Waals surface area contributed by atoms with E-state index < -0.39 is 0 Å². The maximum atomic E-state index is 8.45. The zero-order valence-corrected chi connectivity index (χ0v) is 5.11. The van der Waals surface area contributed by atoms with Crippen molar-refractivity contribution in [1.82, 2.24) is 0 Å². The molecule has 1 N–H and O–H groups in total. The van der Waals surface area contributed by atoms with Crippen LogP contribution in [0.5, 0.6) is 0 Å². The first-order chi connectivity index (χ1) is 4.88. The number of furan rings is 1. The first-order valence-electron chi connectivity index (χ1n) is 2.67. The van der Waals surface area contributed by atoms with Crippen molar-refractivity contribution in [3.8, 4) is 6.07 Å². The minimum Gasteiger partial charge on any atom is -0.514 e. The van der Waals surface area contributed by atoms with Gasteiger partial charge in [-0.15, -0.1) is 0 Å². The lowest BCUT2D eigenvalue weighted by Gasteiger charge is -1.85. The van der Waals surface area contributed by atoms with Crippen molar-refractivity contribution in [1.29, 1.82) is 5.26 Å². The highest BCUT2D eigenvalue weighted by Gasteiger charge is 2.00. The van der Waals surface area contributed by atoms with E-state index >= 15 is 0 Å². The fraction of sp³-hybridized carbons (Fsp3) is 0. The predicted octanol–water partition coefficient (Wildman–Crippen LogP) is 1.70. The molecule has 0 unspecified atom stereocenters. The van der Waals surface area contributed by atoms with Crippen LogP contribution in [0.1, 0.15) is 5.76 Å². The molecule has 10 heavy (non-hydrogen) atoms. The molecule has 0 saturated heterocycles. The molecule has 3 nitrogen and oxygen atoms in total. The molecule has 1 aromatic heterocycles. The van der Waals surface area contributed by atoms with Gasteiger partial charge in [-0.3, -0.25) is 0 Å². The zero-order valence-electron chi connectivity index (χ0n) is 5.11. The van der Waals surface area contributed by atoms with E-state index in [4.69, 9.17) is 14.8 Å². The second-order valence-corrected chi connectivity index (χ2v) is 1.63. The highest BCUT2D eigenvalue weighted by atomic mass is 16.3. The molecule has 3 heteroatoms. The van der Waals surface area contributed by atoms with Crippen LogP contribution in [0.15, 0.2) is 29.1 Å². The summed E-state index contributed by atoms with van der Waals surface area (Å²) in [6.07, 6.45) is 2.16. The maximum absolute atomic E-state index is 8.45. The molecule has 0 saturated carbocycles. The Hall–Kier alpha value is -1.69. The Labute approximate surface area is 57.8 Å². The van der Waals surface area contributed by atoms with Crippen LogP contribution in [0.25, 0.3) is 5.57 Å². The summed E-state index contributed by atoms with van der Waals surface area (Å²) in [5, 5.41) is 16.8. The summed E-state index contributed by atoms with van der Waals surface area (Å²) in [6.45, 7) is 0. The minimum atomic E-state index is 0.130. The van der Waals surface area contributed by atoms with Crippen molar-refractivity contribution in [3.05, 3.63) is 30.4 Å². The van der Waals surface area contributed by atoms with Crippen LogP contribution < -0.4 is 0 Å². The van der Waals surface area contributed by atoms with Crippen molar-refractivity contribution in [2.45, 2.75) is 0 Å². The van der Waals surface area contributed by atoms with Crippen molar-refractivity contribution in [3.63, 3.8) is 0 Å². The average Bonchev–Trinajstić information content (AvgIpc) is 2.43. The van der Waals surface area contributed by atoms with Crippen LogP contribution in [0.4, 0.5) is 0 Å². The Bertz CT molecular complexity index is 266. The molecular formula is C7H5NO2. The fourth-order valence-electron chi connectivity index (χ4n) is 0.579. The Balaban J connectivity index is 2.99. The lowest BCUT2D eigenvalue weighted by atomic mass is 10.2. The smallest absolute Gasteiger partial charge is 0.147 e. The first-order valence-corrected chi connectivity index (χ1v) is 2.67. The molecule has 0 spiro atoms. The lowest BCUT2D eigenvalue weighted by molar-refractivity contribution is 0.472. The van der Waals surface area contributed by atoms with Crippen molar-refractivity contribution >= 4 is 5.57 Å². The molecule has 0 aliphatic rings. The number of aliphatic hydroxyl groups is 1. The van der Waals surface area contributed by atoms with Gasteiger partial charge in [-0.05, 0) is 12.1 Å². The highest BCUT2D eigenvalue weighted by Crippen LogP contribution is 2.11. The van der Waals surface area contributed by atoms with E-state index in [0.29, 0.717) is 5.76 Å². The third-order valence-electron chi connectivity index (χ3n) is 1.04. The topological polar surface area (TPSA) is 57.2 Å². The molecule has 0 bridgehead atoms. The summed E-state index contributed by atoms with van der Waals surface area (Å²) in [6, 6.07) is 5.02. The zero-order chi connectivity index (χ0) is 7.40. The van der Waals surface area contributed by atoms with Gasteiger partial charge in [0.2, 0.25) is 0 Å². The van der Waals surface area contributed by atoms with Gasteiger partial charge in [-0.25, -0.2) is 0 Å². The molecule has 1 rings (SSSR count). The van der Waals surface area contributed by atoms with E-state index in [-0.39, 0.29) is 5.57 Å². The van der Waals surface area contributed by atoms with Crippen LogP contribution in [0, 0.1) is 11.3 Å². The van der Waals surface area contributed by atoms with Gasteiger partial charge in [0.05, 0.1) is 6.26 Å². The summed E-state index contributed by atoms with van der Waals surface area (Å²) in [4.78, 5) is 0. The van der Waals surface area contributed by atoms with Gasteiger partial charge in [0.15, 0.2) is 0 Å². The molecular weight excluding hydrogens is 130 g/mol. The Morgan fingerprint density at radius 3 is 3.00 bits per heavy atom. The molecule has 50 valence electrons. The van der Waals surface area contributed by atoms with Crippen molar-refractivity contribution < 1.29 is 9.52 Å². The molecule has 1 aromatic rings. The van der Waals surface area contributed by atoms with Gasteiger partial charge in [0.1, 0.15) is 23.7 Å². The Kier molecular flexibility index (Phi) is 1.76. The van der Waals surface area contributed by atoms with E-state index in [1.54, 1.807) is 18.2 Å². The van der Waals surface area contributed by atoms with Gasteiger partial charge in [-0.2, -0.15) is 5.26 Å². The normalized spacial score (nSPS) is 10.9. The molecule has 1 heterocycles. The maximum Gasteiger partial charge on any atom is 0.147 e. The van der Waals surface area contributed by atoms with Gasteiger partial charge in [0.25, 0.3) is 0 Å². The van der Waals surface area contributed by atoms with Crippen molar-refractivity contribution in [2.24, 2.45) is 0 Å². The van der Waals surface area contributed by atoms with E-state index in [1.165, 1.54) is 6.26 Å². The number of nitrogens with zero attached hydrogens (tertiary/aromatic N) is 1. The third-order valence-corrected chi connectivity index (χ3v) is 1.04. The summed E-state index contributed by atoms with van der Waals surface area (Å²) in [5.74, 6) is 0.380. The standard InChI is InChI=1S/C7H5NO2/c8-4-6(5-9)7-2-1-3-10-7/h1-3,5,9H. The second kappa shape index (κ2) is 2.74. The first kappa shape index (κ1) is 6.43. The summed E-state index contributed by atoms with van der Waals surface area (Å²) < 4.78 is 4.83. The second-order valence-electron chi connectivity index (χ2n) is 1.63. The van der Waals surface area contributed by atoms with Gasteiger partial charge >= 0.3 is 0 Å². The molecule has 0 aromatic carbocycles. The van der Waals surface area contributed by atoms with E-state index in [9.17, 15) is 0 Å². The van der Waals surface area contributed by atoms with Crippen LogP contribution in [0.2, 0.25) is 0 Å². The lowest BCUT2D eigenvalue weighted by Crippen LogP contribution is -1.74. The van der Waals surface area contributed by atoms with E-state index in [1.807, 2.05) is 0 Å². The monoisotopic (exact) mass is 135 g/mol.